The summed E-state index contributed by atoms with van der Waals surface area (Å²) in [6.45, 7) is 1.83. The lowest BCUT2D eigenvalue weighted by molar-refractivity contribution is -0.137. The molecule has 0 aliphatic heterocycles. The molecule has 1 aromatic carbocycles. The summed E-state index contributed by atoms with van der Waals surface area (Å²) < 4.78 is 5.27. The minimum Gasteiger partial charge on any atom is -0.481 e. The van der Waals surface area contributed by atoms with Gasteiger partial charge in [-0.15, -0.1) is 0 Å². The number of carbonyl (C=O) groups excluding carboxylic acids is 1. The maximum atomic E-state index is 12.3. The summed E-state index contributed by atoms with van der Waals surface area (Å²) in [6.07, 6.45) is 1.89. The van der Waals surface area contributed by atoms with E-state index in [1.54, 1.807) is 6.07 Å². The Labute approximate surface area is 122 Å². The first-order chi connectivity index (χ1) is 10.1. The van der Waals surface area contributed by atoms with Gasteiger partial charge in [-0.1, -0.05) is 37.3 Å². The second-order valence-electron chi connectivity index (χ2n) is 4.71. The highest BCUT2D eigenvalue weighted by Crippen LogP contribution is 2.24. The predicted octanol–water partition coefficient (Wildman–Crippen LogP) is 2.93. The maximum absolute atomic E-state index is 12.3. The Hall–Kier alpha value is -2.56. The van der Waals surface area contributed by atoms with Gasteiger partial charge in [-0.2, -0.15) is 0 Å². The number of nitrogens with one attached hydrogen (secondary N) is 1. The Morgan fingerprint density at radius 2 is 1.95 bits per heavy atom. The highest BCUT2D eigenvalue weighted by Gasteiger charge is 2.20. The maximum Gasteiger partial charge on any atom is 0.305 e. The van der Waals surface area contributed by atoms with Crippen molar-refractivity contribution in [2.24, 2.45) is 0 Å². The number of carbonyl (C=O) groups is 2. The quantitative estimate of drug-likeness (QED) is 0.856. The van der Waals surface area contributed by atoms with Crippen molar-refractivity contribution in [1.82, 2.24) is 5.32 Å². The van der Waals surface area contributed by atoms with Crippen molar-refractivity contribution >= 4 is 11.9 Å². The predicted molar refractivity (Wildman–Crippen MR) is 77.9 cm³/mol. The zero-order valence-electron chi connectivity index (χ0n) is 11.7. The van der Waals surface area contributed by atoms with Crippen molar-refractivity contribution in [3.8, 4) is 11.1 Å². The van der Waals surface area contributed by atoms with Gasteiger partial charge in [0, 0.05) is 11.6 Å². The Bertz CT molecular complexity index is 618. The Balaban J connectivity index is 2.17. The van der Waals surface area contributed by atoms with Crippen molar-refractivity contribution in [2.75, 3.05) is 0 Å². The van der Waals surface area contributed by atoms with E-state index in [2.05, 4.69) is 5.32 Å². The molecule has 1 aromatic heterocycles. The van der Waals surface area contributed by atoms with Crippen molar-refractivity contribution in [1.29, 1.82) is 0 Å². The standard InChI is InChI=1S/C16H17NO4/c1-2-12(10-14(18)19)17-16(20)15-13(8-9-21-15)11-6-4-3-5-7-11/h3-9,12H,2,10H2,1H3,(H,17,20)(H,18,19). The third kappa shape index (κ3) is 3.72. The molecule has 0 fully saturated rings. The van der Waals surface area contributed by atoms with Gasteiger partial charge in [0.25, 0.3) is 5.91 Å². The number of aliphatic carboxylic acids is 1. The fraction of sp³-hybridized carbons (Fsp3) is 0.250. The van der Waals surface area contributed by atoms with E-state index in [1.165, 1.54) is 6.26 Å². The summed E-state index contributed by atoms with van der Waals surface area (Å²) in [4.78, 5) is 23.0. The molecule has 2 rings (SSSR count). The van der Waals surface area contributed by atoms with Crippen LogP contribution in [0, 0.1) is 0 Å². The van der Waals surface area contributed by atoms with E-state index < -0.39 is 17.9 Å². The van der Waals surface area contributed by atoms with Gasteiger partial charge >= 0.3 is 5.97 Å². The van der Waals surface area contributed by atoms with E-state index in [0.717, 1.165) is 5.56 Å². The second-order valence-corrected chi connectivity index (χ2v) is 4.71. The van der Waals surface area contributed by atoms with Crippen LogP contribution >= 0.6 is 0 Å². The van der Waals surface area contributed by atoms with Crippen LogP contribution in [0.3, 0.4) is 0 Å². The second kappa shape index (κ2) is 6.74. The first-order valence-electron chi connectivity index (χ1n) is 6.77. The third-order valence-corrected chi connectivity index (χ3v) is 3.21. The molecule has 1 unspecified atom stereocenters. The number of benzene rings is 1. The summed E-state index contributed by atoms with van der Waals surface area (Å²) in [5.74, 6) is -1.14. The van der Waals surface area contributed by atoms with Crippen LogP contribution in [0.4, 0.5) is 0 Å². The van der Waals surface area contributed by atoms with E-state index >= 15 is 0 Å². The number of furan rings is 1. The highest BCUT2D eigenvalue weighted by molar-refractivity contribution is 5.98. The fourth-order valence-electron chi connectivity index (χ4n) is 2.09. The van der Waals surface area contributed by atoms with Crippen LogP contribution < -0.4 is 5.32 Å². The lowest BCUT2D eigenvalue weighted by Gasteiger charge is -2.14. The molecule has 0 spiro atoms. The minimum absolute atomic E-state index is 0.108. The zero-order chi connectivity index (χ0) is 15.2. The van der Waals surface area contributed by atoms with E-state index in [1.807, 2.05) is 37.3 Å². The lowest BCUT2D eigenvalue weighted by atomic mass is 10.1. The molecule has 110 valence electrons. The van der Waals surface area contributed by atoms with Crippen LogP contribution in [0.1, 0.15) is 30.3 Å². The van der Waals surface area contributed by atoms with Gasteiger partial charge in [-0.25, -0.2) is 0 Å². The first-order valence-corrected chi connectivity index (χ1v) is 6.77. The average molecular weight is 287 g/mol. The molecule has 0 bridgehead atoms. The minimum atomic E-state index is -0.940. The van der Waals surface area contributed by atoms with Gasteiger partial charge in [-0.05, 0) is 18.1 Å². The summed E-state index contributed by atoms with van der Waals surface area (Å²) in [5.41, 5.74) is 1.57. The van der Waals surface area contributed by atoms with Crippen molar-refractivity contribution in [3.05, 3.63) is 48.4 Å². The third-order valence-electron chi connectivity index (χ3n) is 3.21. The number of amides is 1. The van der Waals surface area contributed by atoms with Gasteiger partial charge in [0.15, 0.2) is 5.76 Å². The van der Waals surface area contributed by atoms with Crippen molar-refractivity contribution in [3.63, 3.8) is 0 Å². The molecular formula is C16H17NO4. The fourth-order valence-corrected chi connectivity index (χ4v) is 2.09. The molecule has 0 saturated carbocycles. The van der Waals surface area contributed by atoms with Crippen LogP contribution in [0.25, 0.3) is 11.1 Å². The Morgan fingerprint density at radius 3 is 2.57 bits per heavy atom. The molecule has 0 aliphatic rings. The molecule has 5 nitrogen and oxygen atoms in total. The largest absolute Gasteiger partial charge is 0.481 e. The molecule has 5 heteroatoms. The number of hydrogen-bond acceptors (Lipinski definition) is 3. The van der Waals surface area contributed by atoms with E-state index in [0.29, 0.717) is 12.0 Å². The number of rotatable bonds is 6. The molecule has 2 N–H and O–H groups in total. The summed E-state index contributed by atoms with van der Waals surface area (Å²) in [5, 5.41) is 11.5. The summed E-state index contributed by atoms with van der Waals surface area (Å²) >= 11 is 0. The van der Waals surface area contributed by atoms with Gasteiger partial charge in [-0.3, -0.25) is 9.59 Å². The SMILES string of the molecule is CCC(CC(=O)O)NC(=O)c1occc1-c1ccccc1. The zero-order valence-corrected chi connectivity index (χ0v) is 11.7. The van der Waals surface area contributed by atoms with E-state index in [9.17, 15) is 9.59 Å². The van der Waals surface area contributed by atoms with Crippen molar-refractivity contribution in [2.45, 2.75) is 25.8 Å². The molecule has 0 radical (unpaired) electrons. The van der Waals surface area contributed by atoms with Crippen LogP contribution in [-0.4, -0.2) is 23.0 Å². The van der Waals surface area contributed by atoms with E-state index in [-0.39, 0.29) is 12.2 Å². The Morgan fingerprint density at radius 1 is 1.24 bits per heavy atom. The lowest BCUT2D eigenvalue weighted by Crippen LogP contribution is -2.36. The molecule has 21 heavy (non-hydrogen) atoms. The molecule has 1 heterocycles. The van der Waals surface area contributed by atoms with Crippen LogP contribution in [0.5, 0.6) is 0 Å². The monoisotopic (exact) mass is 287 g/mol. The smallest absolute Gasteiger partial charge is 0.305 e. The molecular weight excluding hydrogens is 270 g/mol. The molecule has 0 aliphatic carbocycles. The molecule has 1 amide bonds. The van der Waals surface area contributed by atoms with Crippen LogP contribution in [0.15, 0.2) is 47.1 Å². The molecule has 0 saturated heterocycles. The number of carboxylic acid groups (broad SMARTS) is 1. The summed E-state index contributed by atoms with van der Waals surface area (Å²) in [6, 6.07) is 10.7. The number of hydrogen-bond donors (Lipinski definition) is 2. The normalized spacial score (nSPS) is 11.9. The van der Waals surface area contributed by atoms with Gasteiger partial charge in [0.2, 0.25) is 0 Å². The number of carboxylic acids is 1. The molecule has 2 aromatic rings. The van der Waals surface area contributed by atoms with Gasteiger partial charge in [0.1, 0.15) is 0 Å². The summed E-state index contributed by atoms with van der Waals surface area (Å²) in [7, 11) is 0. The Kier molecular flexibility index (Phi) is 4.77. The van der Waals surface area contributed by atoms with Gasteiger partial charge < -0.3 is 14.8 Å². The van der Waals surface area contributed by atoms with Crippen molar-refractivity contribution < 1.29 is 19.1 Å². The highest BCUT2D eigenvalue weighted by atomic mass is 16.4. The van der Waals surface area contributed by atoms with E-state index in [4.69, 9.17) is 9.52 Å². The first kappa shape index (κ1) is 14.8. The van der Waals surface area contributed by atoms with Crippen LogP contribution in [-0.2, 0) is 4.79 Å². The topological polar surface area (TPSA) is 79.5 Å². The molecule has 1 atom stereocenters. The average Bonchev–Trinajstić information content (AvgIpc) is 2.96. The van der Waals surface area contributed by atoms with Gasteiger partial charge in [0.05, 0.1) is 12.7 Å². The van der Waals surface area contributed by atoms with Crippen LogP contribution in [0.2, 0.25) is 0 Å².